The average molecular weight is 342 g/mol. The Bertz CT molecular complexity index is 794. The van der Waals surface area contributed by atoms with Crippen LogP contribution in [-0.2, 0) is 16.0 Å². The predicted octanol–water partition coefficient (Wildman–Crippen LogP) is 2.50. The molecule has 0 saturated heterocycles. The molecule has 0 bridgehead atoms. The molecule has 2 aromatic carbocycles. The lowest BCUT2D eigenvalue weighted by molar-refractivity contribution is -0.142. The van der Waals surface area contributed by atoms with Crippen molar-refractivity contribution in [2.24, 2.45) is 0 Å². The molecule has 3 rings (SSSR count). The van der Waals surface area contributed by atoms with Crippen LogP contribution < -0.4 is 9.47 Å². The third-order valence-corrected chi connectivity index (χ3v) is 3.78. The van der Waals surface area contributed by atoms with Crippen molar-refractivity contribution < 1.29 is 28.9 Å². The van der Waals surface area contributed by atoms with E-state index in [-0.39, 0.29) is 29.5 Å². The Morgan fingerprint density at radius 1 is 1.08 bits per heavy atom. The number of ether oxygens (including phenoxy) is 3. The highest BCUT2D eigenvalue weighted by Gasteiger charge is 2.20. The molecule has 0 amide bonds. The van der Waals surface area contributed by atoms with E-state index in [1.165, 1.54) is 12.1 Å². The molecule has 0 saturated carbocycles. The number of hydrogen-bond acceptors (Lipinski definition) is 6. The number of phenolic OH excluding ortho intramolecular Hbond substituents is 1. The van der Waals surface area contributed by atoms with E-state index in [4.69, 9.17) is 14.2 Å². The van der Waals surface area contributed by atoms with Gasteiger partial charge in [-0.05, 0) is 18.6 Å². The fraction of sp³-hybridized carbons (Fsp3) is 0.263. The molecule has 25 heavy (non-hydrogen) atoms. The van der Waals surface area contributed by atoms with Gasteiger partial charge in [0.25, 0.3) is 0 Å². The molecule has 1 aliphatic rings. The summed E-state index contributed by atoms with van der Waals surface area (Å²) in [6.45, 7) is 2.88. The number of rotatable bonds is 5. The van der Waals surface area contributed by atoms with Gasteiger partial charge in [0, 0.05) is 11.6 Å². The van der Waals surface area contributed by atoms with Crippen LogP contribution in [0.1, 0.15) is 28.4 Å². The lowest BCUT2D eigenvalue weighted by Gasteiger charge is -2.19. The van der Waals surface area contributed by atoms with Crippen LogP contribution in [0.25, 0.3) is 0 Å². The summed E-state index contributed by atoms with van der Waals surface area (Å²) in [6.07, 6.45) is 0.150. The Hall–Kier alpha value is -3.02. The van der Waals surface area contributed by atoms with E-state index < -0.39 is 0 Å². The Labute approximate surface area is 144 Å². The number of carbonyl (C=O) groups excluding carboxylic acids is 2. The SMILES string of the molecule is CCOC(=O)Cc1ccc(C(=O)c2cc3c(cc2O)OCCO3)cc1. The zero-order valence-corrected chi connectivity index (χ0v) is 13.8. The fourth-order valence-corrected chi connectivity index (χ4v) is 2.57. The highest BCUT2D eigenvalue weighted by Crippen LogP contribution is 2.37. The Kier molecular flexibility index (Phi) is 4.88. The first-order valence-corrected chi connectivity index (χ1v) is 8.00. The molecule has 0 aliphatic carbocycles. The minimum atomic E-state index is -0.336. The smallest absolute Gasteiger partial charge is 0.310 e. The molecule has 1 N–H and O–H groups in total. The van der Waals surface area contributed by atoms with Crippen LogP contribution in [0.3, 0.4) is 0 Å². The first-order chi connectivity index (χ1) is 12.1. The lowest BCUT2D eigenvalue weighted by Crippen LogP contribution is -2.16. The molecule has 0 spiro atoms. The number of hydrogen-bond donors (Lipinski definition) is 1. The van der Waals surface area contributed by atoms with E-state index in [1.54, 1.807) is 31.2 Å². The van der Waals surface area contributed by atoms with Gasteiger partial charge in [0.1, 0.15) is 19.0 Å². The lowest BCUT2D eigenvalue weighted by atomic mass is 10.00. The van der Waals surface area contributed by atoms with Crippen LogP contribution >= 0.6 is 0 Å². The molecule has 130 valence electrons. The summed E-state index contributed by atoms with van der Waals surface area (Å²) in [4.78, 5) is 24.1. The zero-order valence-electron chi connectivity index (χ0n) is 13.8. The van der Waals surface area contributed by atoms with E-state index in [0.717, 1.165) is 5.56 Å². The number of carbonyl (C=O) groups is 2. The number of fused-ring (bicyclic) bond motifs is 1. The largest absolute Gasteiger partial charge is 0.507 e. The molecule has 0 radical (unpaired) electrons. The van der Waals surface area contributed by atoms with E-state index >= 15 is 0 Å². The molecule has 1 heterocycles. The van der Waals surface area contributed by atoms with Gasteiger partial charge in [0.15, 0.2) is 17.3 Å². The average Bonchev–Trinajstić information content (AvgIpc) is 2.61. The van der Waals surface area contributed by atoms with Gasteiger partial charge in [0.05, 0.1) is 18.6 Å². The second-order valence-corrected chi connectivity index (χ2v) is 5.52. The second-order valence-electron chi connectivity index (χ2n) is 5.52. The predicted molar refractivity (Wildman–Crippen MR) is 89.3 cm³/mol. The van der Waals surface area contributed by atoms with E-state index in [1.807, 2.05) is 0 Å². The topological polar surface area (TPSA) is 82.1 Å². The van der Waals surface area contributed by atoms with Crippen molar-refractivity contribution in [2.75, 3.05) is 19.8 Å². The summed E-state index contributed by atoms with van der Waals surface area (Å²) in [5.74, 6) is 0.0458. The van der Waals surface area contributed by atoms with Crippen LogP contribution in [0, 0.1) is 0 Å². The first kappa shape index (κ1) is 16.8. The molecule has 0 fully saturated rings. The summed E-state index contributed by atoms with van der Waals surface area (Å²) >= 11 is 0. The molecule has 6 heteroatoms. The first-order valence-electron chi connectivity index (χ1n) is 8.00. The van der Waals surface area contributed by atoms with Crippen molar-refractivity contribution in [3.8, 4) is 17.2 Å². The highest BCUT2D eigenvalue weighted by molar-refractivity contribution is 6.11. The Morgan fingerprint density at radius 3 is 2.36 bits per heavy atom. The number of benzene rings is 2. The van der Waals surface area contributed by atoms with Crippen molar-refractivity contribution in [1.82, 2.24) is 0 Å². The van der Waals surface area contributed by atoms with Crippen LogP contribution in [0.5, 0.6) is 17.2 Å². The molecular weight excluding hydrogens is 324 g/mol. The standard InChI is InChI=1S/C19H18O6/c1-2-23-18(21)9-12-3-5-13(6-4-12)19(22)14-10-16-17(11-15(14)20)25-8-7-24-16/h3-6,10-11,20H,2,7-9H2,1H3. The van der Waals surface area contributed by atoms with Gasteiger partial charge in [-0.15, -0.1) is 0 Å². The molecular formula is C19H18O6. The number of ketones is 1. The van der Waals surface area contributed by atoms with Crippen molar-refractivity contribution in [2.45, 2.75) is 13.3 Å². The maximum Gasteiger partial charge on any atom is 0.310 e. The van der Waals surface area contributed by atoms with Crippen LogP contribution in [0.4, 0.5) is 0 Å². The van der Waals surface area contributed by atoms with Gasteiger partial charge in [-0.2, -0.15) is 0 Å². The summed E-state index contributed by atoms with van der Waals surface area (Å²) in [7, 11) is 0. The number of esters is 1. The number of aromatic hydroxyl groups is 1. The Balaban J connectivity index is 1.80. The molecule has 2 aromatic rings. The van der Waals surface area contributed by atoms with E-state index in [0.29, 0.717) is 36.9 Å². The second kappa shape index (κ2) is 7.25. The van der Waals surface area contributed by atoms with Crippen LogP contribution in [-0.4, -0.2) is 36.7 Å². The summed E-state index contributed by atoms with van der Waals surface area (Å²) in [5.41, 5.74) is 1.29. The van der Waals surface area contributed by atoms with Gasteiger partial charge in [-0.3, -0.25) is 9.59 Å². The Morgan fingerprint density at radius 2 is 1.72 bits per heavy atom. The highest BCUT2D eigenvalue weighted by atomic mass is 16.6. The summed E-state index contributed by atoms with van der Waals surface area (Å²) in [6, 6.07) is 9.49. The van der Waals surface area contributed by atoms with Crippen LogP contribution in [0.15, 0.2) is 36.4 Å². The van der Waals surface area contributed by atoms with Crippen LogP contribution in [0.2, 0.25) is 0 Å². The zero-order chi connectivity index (χ0) is 17.8. The number of phenols is 1. The fourth-order valence-electron chi connectivity index (χ4n) is 2.57. The van der Waals surface area contributed by atoms with Gasteiger partial charge >= 0.3 is 5.97 Å². The van der Waals surface area contributed by atoms with Crippen molar-refractivity contribution in [3.63, 3.8) is 0 Å². The monoisotopic (exact) mass is 342 g/mol. The quantitative estimate of drug-likeness (QED) is 0.664. The van der Waals surface area contributed by atoms with Gasteiger partial charge in [-0.1, -0.05) is 24.3 Å². The van der Waals surface area contributed by atoms with Gasteiger partial charge < -0.3 is 19.3 Å². The van der Waals surface area contributed by atoms with Crippen molar-refractivity contribution >= 4 is 11.8 Å². The molecule has 0 atom stereocenters. The van der Waals surface area contributed by atoms with Crippen molar-refractivity contribution in [3.05, 3.63) is 53.1 Å². The van der Waals surface area contributed by atoms with Gasteiger partial charge in [0.2, 0.25) is 0 Å². The van der Waals surface area contributed by atoms with Gasteiger partial charge in [-0.25, -0.2) is 0 Å². The third kappa shape index (κ3) is 3.74. The third-order valence-electron chi connectivity index (χ3n) is 3.78. The van der Waals surface area contributed by atoms with E-state index in [2.05, 4.69) is 0 Å². The minimum Gasteiger partial charge on any atom is -0.507 e. The maximum atomic E-state index is 12.6. The molecule has 6 nitrogen and oxygen atoms in total. The molecule has 1 aliphatic heterocycles. The minimum absolute atomic E-state index is 0.141. The molecule has 0 unspecified atom stereocenters. The summed E-state index contributed by atoms with van der Waals surface area (Å²) < 4.78 is 15.7. The molecule has 0 aromatic heterocycles. The van der Waals surface area contributed by atoms with E-state index in [9.17, 15) is 14.7 Å². The maximum absolute atomic E-state index is 12.6. The van der Waals surface area contributed by atoms with Crippen molar-refractivity contribution in [1.29, 1.82) is 0 Å². The normalized spacial score (nSPS) is 12.5. The summed E-state index contributed by atoms with van der Waals surface area (Å²) in [5, 5.41) is 10.1.